The molecule has 0 aliphatic carbocycles. The SMILES string of the molecule is C[C@H](C(=O)N1CCOCC1)N1CCC(N2CCCCC2)CC1. The fraction of sp³-hybridized carbons (Fsp3) is 0.941. The number of hydrogen-bond donors (Lipinski definition) is 0. The summed E-state index contributed by atoms with van der Waals surface area (Å²) >= 11 is 0. The van der Waals surface area contributed by atoms with Crippen LogP contribution in [0.5, 0.6) is 0 Å². The van der Waals surface area contributed by atoms with Crippen LogP contribution in [-0.4, -0.2) is 85.2 Å². The van der Waals surface area contributed by atoms with Crippen molar-refractivity contribution in [3.05, 3.63) is 0 Å². The van der Waals surface area contributed by atoms with E-state index in [2.05, 4.69) is 16.7 Å². The molecule has 3 aliphatic rings. The lowest BCUT2D eigenvalue weighted by atomic mass is 9.98. The van der Waals surface area contributed by atoms with E-state index in [0.29, 0.717) is 19.1 Å². The molecular weight excluding hydrogens is 278 g/mol. The molecule has 1 atom stereocenters. The van der Waals surface area contributed by atoms with Crippen LogP contribution in [0.4, 0.5) is 0 Å². The zero-order chi connectivity index (χ0) is 15.4. The summed E-state index contributed by atoms with van der Waals surface area (Å²) in [7, 11) is 0. The number of hydrogen-bond acceptors (Lipinski definition) is 4. The van der Waals surface area contributed by atoms with Gasteiger partial charge in [0.05, 0.1) is 19.3 Å². The Labute approximate surface area is 134 Å². The van der Waals surface area contributed by atoms with Crippen molar-refractivity contribution in [1.29, 1.82) is 0 Å². The van der Waals surface area contributed by atoms with Gasteiger partial charge in [-0.3, -0.25) is 9.69 Å². The van der Waals surface area contributed by atoms with Crippen LogP contribution in [0.3, 0.4) is 0 Å². The molecule has 0 spiro atoms. The molecule has 3 aliphatic heterocycles. The Balaban J connectivity index is 1.46. The minimum absolute atomic E-state index is 0.0282. The van der Waals surface area contributed by atoms with Gasteiger partial charge in [-0.05, 0) is 45.7 Å². The summed E-state index contributed by atoms with van der Waals surface area (Å²) < 4.78 is 5.34. The first kappa shape index (κ1) is 16.2. The van der Waals surface area contributed by atoms with E-state index in [1.54, 1.807) is 0 Å². The van der Waals surface area contributed by atoms with Crippen molar-refractivity contribution in [3.8, 4) is 0 Å². The van der Waals surface area contributed by atoms with Gasteiger partial charge in [-0.15, -0.1) is 0 Å². The van der Waals surface area contributed by atoms with Gasteiger partial charge >= 0.3 is 0 Å². The normalized spacial score (nSPS) is 27.8. The highest BCUT2D eigenvalue weighted by molar-refractivity contribution is 5.81. The highest BCUT2D eigenvalue weighted by atomic mass is 16.5. The molecule has 0 aromatic rings. The van der Waals surface area contributed by atoms with E-state index in [1.807, 2.05) is 4.90 Å². The van der Waals surface area contributed by atoms with Gasteiger partial charge in [-0.25, -0.2) is 0 Å². The summed E-state index contributed by atoms with van der Waals surface area (Å²) in [5, 5.41) is 0. The van der Waals surface area contributed by atoms with Gasteiger partial charge in [0.2, 0.25) is 5.91 Å². The Morgan fingerprint density at radius 3 is 2.23 bits per heavy atom. The van der Waals surface area contributed by atoms with Crippen LogP contribution in [0, 0.1) is 0 Å². The maximum Gasteiger partial charge on any atom is 0.239 e. The Morgan fingerprint density at radius 1 is 0.955 bits per heavy atom. The van der Waals surface area contributed by atoms with Gasteiger partial charge in [0.25, 0.3) is 0 Å². The lowest BCUT2D eigenvalue weighted by Crippen LogP contribution is -2.54. The Bertz CT molecular complexity index is 357. The fourth-order valence-corrected chi connectivity index (χ4v) is 4.13. The van der Waals surface area contributed by atoms with Gasteiger partial charge in [0.15, 0.2) is 0 Å². The number of carbonyl (C=O) groups is 1. The van der Waals surface area contributed by atoms with Crippen molar-refractivity contribution in [3.63, 3.8) is 0 Å². The maximum atomic E-state index is 12.6. The van der Waals surface area contributed by atoms with Crippen LogP contribution in [0.2, 0.25) is 0 Å². The van der Waals surface area contributed by atoms with Crippen LogP contribution < -0.4 is 0 Å². The molecule has 126 valence electrons. The van der Waals surface area contributed by atoms with Crippen LogP contribution in [0.25, 0.3) is 0 Å². The first-order valence-corrected chi connectivity index (χ1v) is 9.10. The maximum absolute atomic E-state index is 12.6. The number of nitrogens with zero attached hydrogens (tertiary/aromatic N) is 3. The second kappa shape index (κ2) is 7.75. The van der Waals surface area contributed by atoms with Crippen molar-refractivity contribution < 1.29 is 9.53 Å². The fourth-order valence-electron chi connectivity index (χ4n) is 4.13. The van der Waals surface area contributed by atoms with Crippen LogP contribution in [-0.2, 0) is 9.53 Å². The van der Waals surface area contributed by atoms with Crippen LogP contribution in [0.1, 0.15) is 39.0 Å². The van der Waals surface area contributed by atoms with Crippen LogP contribution >= 0.6 is 0 Å². The van der Waals surface area contributed by atoms with Crippen molar-refractivity contribution in [2.24, 2.45) is 0 Å². The molecule has 0 unspecified atom stereocenters. The molecular formula is C17H31N3O2. The van der Waals surface area contributed by atoms with Crippen LogP contribution in [0.15, 0.2) is 0 Å². The van der Waals surface area contributed by atoms with Gasteiger partial charge in [0.1, 0.15) is 0 Å². The smallest absolute Gasteiger partial charge is 0.239 e. The van der Waals surface area contributed by atoms with Gasteiger partial charge in [0, 0.05) is 32.2 Å². The third-order valence-electron chi connectivity index (χ3n) is 5.63. The molecule has 5 nitrogen and oxygen atoms in total. The minimum Gasteiger partial charge on any atom is -0.378 e. The summed E-state index contributed by atoms with van der Waals surface area (Å²) in [6.45, 7) is 9.68. The number of morpholine rings is 1. The molecule has 3 saturated heterocycles. The van der Waals surface area contributed by atoms with E-state index in [4.69, 9.17) is 4.74 Å². The van der Waals surface area contributed by atoms with Crippen molar-refractivity contribution in [2.75, 3.05) is 52.5 Å². The molecule has 0 bridgehead atoms. The largest absolute Gasteiger partial charge is 0.378 e. The molecule has 5 heteroatoms. The number of likely N-dealkylation sites (tertiary alicyclic amines) is 2. The van der Waals surface area contributed by atoms with Gasteiger partial charge in [-0.2, -0.15) is 0 Å². The number of ether oxygens (including phenoxy) is 1. The van der Waals surface area contributed by atoms with E-state index < -0.39 is 0 Å². The Hall–Kier alpha value is -0.650. The molecule has 0 aromatic carbocycles. The molecule has 0 N–H and O–H groups in total. The molecule has 0 saturated carbocycles. The number of carbonyl (C=O) groups excluding carboxylic acids is 1. The van der Waals surface area contributed by atoms with Gasteiger partial charge < -0.3 is 14.5 Å². The average molecular weight is 309 g/mol. The predicted octanol–water partition coefficient (Wildman–Crippen LogP) is 1.18. The van der Waals surface area contributed by atoms with Crippen molar-refractivity contribution in [1.82, 2.24) is 14.7 Å². The summed E-state index contributed by atoms with van der Waals surface area (Å²) in [5.41, 5.74) is 0. The predicted molar refractivity (Wildman–Crippen MR) is 86.9 cm³/mol. The lowest BCUT2D eigenvalue weighted by Gasteiger charge is -2.42. The summed E-state index contributed by atoms with van der Waals surface area (Å²) in [6, 6.07) is 0.780. The van der Waals surface area contributed by atoms with E-state index in [9.17, 15) is 4.79 Å². The average Bonchev–Trinajstić information content (AvgIpc) is 2.62. The number of rotatable bonds is 3. The van der Waals surface area contributed by atoms with E-state index in [0.717, 1.165) is 32.2 Å². The monoisotopic (exact) mass is 309 g/mol. The Kier molecular flexibility index (Phi) is 5.71. The lowest BCUT2D eigenvalue weighted by molar-refractivity contribution is -0.141. The topological polar surface area (TPSA) is 36.0 Å². The van der Waals surface area contributed by atoms with Crippen molar-refractivity contribution >= 4 is 5.91 Å². The minimum atomic E-state index is 0.0282. The third kappa shape index (κ3) is 3.81. The zero-order valence-electron chi connectivity index (χ0n) is 14.0. The zero-order valence-corrected chi connectivity index (χ0v) is 14.0. The molecule has 1 amide bonds. The van der Waals surface area contributed by atoms with Gasteiger partial charge in [-0.1, -0.05) is 6.42 Å². The second-order valence-electron chi connectivity index (χ2n) is 6.98. The van der Waals surface area contributed by atoms with Crippen molar-refractivity contribution in [2.45, 2.75) is 51.1 Å². The summed E-state index contributed by atoms with van der Waals surface area (Å²) in [5.74, 6) is 0.291. The molecule has 3 rings (SSSR count). The number of piperidine rings is 2. The second-order valence-corrected chi connectivity index (χ2v) is 6.98. The molecule has 0 radical (unpaired) electrons. The van der Waals surface area contributed by atoms with E-state index >= 15 is 0 Å². The summed E-state index contributed by atoms with van der Waals surface area (Å²) in [4.78, 5) is 19.7. The van der Waals surface area contributed by atoms with E-state index in [1.165, 1.54) is 45.2 Å². The summed E-state index contributed by atoms with van der Waals surface area (Å²) in [6.07, 6.45) is 6.58. The quantitative estimate of drug-likeness (QED) is 0.784. The first-order chi connectivity index (χ1) is 10.8. The highest BCUT2D eigenvalue weighted by Crippen LogP contribution is 2.22. The molecule has 22 heavy (non-hydrogen) atoms. The molecule has 3 fully saturated rings. The molecule has 0 aromatic heterocycles. The van der Waals surface area contributed by atoms with E-state index in [-0.39, 0.29) is 6.04 Å². The highest BCUT2D eigenvalue weighted by Gasteiger charge is 2.31. The molecule has 3 heterocycles. The third-order valence-corrected chi connectivity index (χ3v) is 5.63. The number of amides is 1. The Morgan fingerprint density at radius 2 is 1.59 bits per heavy atom. The standard InChI is InChI=1S/C17H31N3O2/c1-15(17(21)20-11-13-22-14-12-20)18-9-5-16(6-10-18)19-7-3-2-4-8-19/h15-16H,2-14H2,1H3/t15-/m1/s1. The first-order valence-electron chi connectivity index (χ1n) is 9.10.